The second-order valence-electron chi connectivity index (χ2n) is 4.19. The largest absolute Gasteiger partial charge is 0.375 e. The van der Waals surface area contributed by atoms with E-state index in [0.29, 0.717) is 5.13 Å². The molecule has 0 aliphatic heterocycles. The van der Waals surface area contributed by atoms with Crippen LogP contribution in [0.3, 0.4) is 0 Å². The molecule has 0 saturated carbocycles. The number of nitrogens with two attached hydrogens (primary N) is 1. The summed E-state index contributed by atoms with van der Waals surface area (Å²) in [6.45, 7) is 9.26. The number of aromatic nitrogens is 3. The van der Waals surface area contributed by atoms with Crippen molar-refractivity contribution in [2.24, 2.45) is 0 Å². The summed E-state index contributed by atoms with van der Waals surface area (Å²) < 4.78 is 1.89. The molecular weight excluding hydrogens is 246 g/mol. The standard InChI is InChI=1S/C12H19N5S/c1-4-16(5-2)7-10-6-9(3)15-17(10)11-8-18-12(13)14-11/h6,8H,4-5,7H2,1-3H3,(H2,13,14). The SMILES string of the molecule is CCN(CC)Cc1cc(C)nn1-c1csc(N)n1. The number of hydrogen-bond donors (Lipinski definition) is 1. The first kappa shape index (κ1) is 13.0. The van der Waals surface area contributed by atoms with Crippen LogP contribution < -0.4 is 5.73 Å². The highest BCUT2D eigenvalue weighted by Crippen LogP contribution is 2.18. The molecular formula is C12H19N5S. The number of nitrogens with zero attached hydrogens (tertiary/aromatic N) is 4. The van der Waals surface area contributed by atoms with Crippen molar-refractivity contribution >= 4 is 16.5 Å². The van der Waals surface area contributed by atoms with Gasteiger partial charge in [0.25, 0.3) is 0 Å². The summed E-state index contributed by atoms with van der Waals surface area (Å²) in [4.78, 5) is 6.64. The van der Waals surface area contributed by atoms with Gasteiger partial charge in [0.15, 0.2) is 10.9 Å². The molecule has 0 saturated heterocycles. The lowest BCUT2D eigenvalue weighted by Crippen LogP contribution is -2.23. The molecule has 0 amide bonds. The lowest BCUT2D eigenvalue weighted by molar-refractivity contribution is 0.289. The van der Waals surface area contributed by atoms with E-state index in [0.717, 1.165) is 36.8 Å². The normalized spacial score (nSPS) is 11.3. The van der Waals surface area contributed by atoms with Gasteiger partial charge in [0, 0.05) is 11.9 Å². The highest BCUT2D eigenvalue weighted by molar-refractivity contribution is 7.13. The van der Waals surface area contributed by atoms with Gasteiger partial charge in [-0.15, -0.1) is 11.3 Å². The molecule has 0 aromatic carbocycles. The fraction of sp³-hybridized carbons (Fsp3) is 0.500. The van der Waals surface area contributed by atoms with E-state index in [1.165, 1.54) is 11.3 Å². The van der Waals surface area contributed by atoms with Crippen LogP contribution in [0.15, 0.2) is 11.4 Å². The second-order valence-corrected chi connectivity index (χ2v) is 5.08. The minimum Gasteiger partial charge on any atom is -0.375 e. The summed E-state index contributed by atoms with van der Waals surface area (Å²) in [7, 11) is 0. The summed E-state index contributed by atoms with van der Waals surface area (Å²) in [6.07, 6.45) is 0. The lowest BCUT2D eigenvalue weighted by Gasteiger charge is -2.17. The van der Waals surface area contributed by atoms with Gasteiger partial charge in [0.2, 0.25) is 0 Å². The monoisotopic (exact) mass is 265 g/mol. The molecule has 2 heterocycles. The fourth-order valence-electron chi connectivity index (χ4n) is 1.92. The summed E-state index contributed by atoms with van der Waals surface area (Å²) in [5.41, 5.74) is 7.84. The van der Waals surface area contributed by atoms with Crippen molar-refractivity contribution in [1.82, 2.24) is 19.7 Å². The molecule has 0 aliphatic rings. The van der Waals surface area contributed by atoms with E-state index >= 15 is 0 Å². The molecule has 2 aromatic rings. The molecule has 6 heteroatoms. The maximum Gasteiger partial charge on any atom is 0.182 e. The Bertz CT molecular complexity index is 512. The van der Waals surface area contributed by atoms with E-state index in [-0.39, 0.29) is 0 Å². The molecule has 18 heavy (non-hydrogen) atoms. The van der Waals surface area contributed by atoms with Crippen LogP contribution in [0.2, 0.25) is 0 Å². The van der Waals surface area contributed by atoms with E-state index in [9.17, 15) is 0 Å². The average molecular weight is 265 g/mol. The summed E-state index contributed by atoms with van der Waals surface area (Å²) in [6, 6.07) is 2.11. The van der Waals surface area contributed by atoms with Crippen molar-refractivity contribution in [3.63, 3.8) is 0 Å². The predicted octanol–water partition coefficient (Wildman–Crippen LogP) is 2.06. The molecule has 0 fully saturated rings. The molecule has 2 N–H and O–H groups in total. The third-order valence-corrected chi connectivity index (χ3v) is 3.57. The Labute approximate surface area is 111 Å². The van der Waals surface area contributed by atoms with Gasteiger partial charge in [-0.05, 0) is 26.1 Å². The first-order chi connectivity index (χ1) is 8.63. The Kier molecular flexibility index (Phi) is 3.98. The molecule has 0 atom stereocenters. The van der Waals surface area contributed by atoms with Crippen LogP contribution >= 0.6 is 11.3 Å². The van der Waals surface area contributed by atoms with E-state index in [4.69, 9.17) is 5.73 Å². The average Bonchev–Trinajstić information content (AvgIpc) is 2.92. The molecule has 0 bridgehead atoms. The van der Waals surface area contributed by atoms with Gasteiger partial charge in [-0.25, -0.2) is 9.67 Å². The van der Waals surface area contributed by atoms with Crippen LogP contribution in [0.5, 0.6) is 0 Å². The van der Waals surface area contributed by atoms with Crippen LogP contribution in [-0.4, -0.2) is 32.8 Å². The van der Waals surface area contributed by atoms with Crippen molar-refractivity contribution in [1.29, 1.82) is 0 Å². The first-order valence-corrected chi connectivity index (χ1v) is 7.01. The number of aryl methyl sites for hydroxylation is 1. The Balaban J connectivity index is 2.30. The number of nitrogen functional groups attached to an aromatic ring is 1. The van der Waals surface area contributed by atoms with Crippen molar-refractivity contribution in [3.05, 3.63) is 22.8 Å². The van der Waals surface area contributed by atoms with Gasteiger partial charge in [-0.1, -0.05) is 13.8 Å². The molecule has 0 spiro atoms. The summed E-state index contributed by atoms with van der Waals surface area (Å²) in [5.74, 6) is 0.813. The van der Waals surface area contributed by atoms with Crippen LogP contribution in [0.25, 0.3) is 5.82 Å². The zero-order valence-electron chi connectivity index (χ0n) is 11.1. The third kappa shape index (κ3) is 2.70. The van der Waals surface area contributed by atoms with Crippen LogP contribution in [0.1, 0.15) is 25.2 Å². The van der Waals surface area contributed by atoms with Crippen LogP contribution in [-0.2, 0) is 6.54 Å². The Morgan fingerprint density at radius 3 is 2.67 bits per heavy atom. The number of rotatable bonds is 5. The van der Waals surface area contributed by atoms with Gasteiger partial charge in [0.1, 0.15) is 0 Å². The topological polar surface area (TPSA) is 60.0 Å². The highest BCUT2D eigenvalue weighted by Gasteiger charge is 2.12. The molecule has 2 rings (SSSR count). The third-order valence-electron chi connectivity index (χ3n) is 2.91. The van der Waals surface area contributed by atoms with Crippen molar-refractivity contribution < 1.29 is 0 Å². The smallest absolute Gasteiger partial charge is 0.182 e. The van der Waals surface area contributed by atoms with Crippen LogP contribution in [0, 0.1) is 6.92 Å². The number of anilines is 1. The van der Waals surface area contributed by atoms with E-state index < -0.39 is 0 Å². The van der Waals surface area contributed by atoms with Crippen molar-refractivity contribution in [3.8, 4) is 5.82 Å². The molecule has 0 radical (unpaired) electrons. The van der Waals surface area contributed by atoms with Gasteiger partial charge < -0.3 is 5.73 Å². The van der Waals surface area contributed by atoms with Gasteiger partial charge in [-0.2, -0.15) is 5.10 Å². The van der Waals surface area contributed by atoms with E-state index in [2.05, 4.69) is 34.9 Å². The van der Waals surface area contributed by atoms with Crippen molar-refractivity contribution in [2.75, 3.05) is 18.8 Å². The zero-order chi connectivity index (χ0) is 13.1. The lowest BCUT2D eigenvalue weighted by atomic mass is 10.3. The summed E-state index contributed by atoms with van der Waals surface area (Å²) in [5, 5.41) is 7.01. The van der Waals surface area contributed by atoms with Crippen molar-refractivity contribution in [2.45, 2.75) is 27.3 Å². The van der Waals surface area contributed by atoms with E-state index in [1.807, 2.05) is 17.0 Å². The molecule has 0 aliphatic carbocycles. The summed E-state index contributed by atoms with van der Waals surface area (Å²) >= 11 is 1.44. The number of thiazole rings is 1. The highest BCUT2D eigenvalue weighted by atomic mass is 32.1. The molecule has 2 aromatic heterocycles. The zero-order valence-corrected chi connectivity index (χ0v) is 11.9. The first-order valence-electron chi connectivity index (χ1n) is 6.13. The molecule has 0 unspecified atom stereocenters. The quantitative estimate of drug-likeness (QED) is 0.899. The van der Waals surface area contributed by atoms with Gasteiger partial charge >= 0.3 is 0 Å². The van der Waals surface area contributed by atoms with Gasteiger partial charge in [0.05, 0.1) is 11.4 Å². The second kappa shape index (κ2) is 5.49. The Hall–Kier alpha value is -1.40. The molecule has 98 valence electrons. The Morgan fingerprint density at radius 1 is 1.39 bits per heavy atom. The van der Waals surface area contributed by atoms with Gasteiger partial charge in [-0.3, -0.25) is 4.90 Å². The maximum atomic E-state index is 5.68. The minimum atomic E-state index is 0.576. The number of hydrogen-bond acceptors (Lipinski definition) is 5. The van der Waals surface area contributed by atoms with E-state index in [1.54, 1.807) is 0 Å². The predicted molar refractivity (Wildman–Crippen MR) is 75.0 cm³/mol. The fourth-order valence-corrected chi connectivity index (χ4v) is 2.44. The minimum absolute atomic E-state index is 0.576. The molecule has 5 nitrogen and oxygen atoms in total. The Morgan fingerprint density at radius 2 is 2.11 bits per heavy atom. The van der Waals surface area contributed by atoms with Crippen LogP contribution in [0.4, 0.5) is 5.13 Å². The maximum absolute atomic E-state index is 5.68.